The van der Waals surface area contributed by atoms with Crippen LogP contribution >= 0.6 is 34.5 Å². The van der Waals surface area contributed by atoms with Gasteiger partial charge in [-0.3, -0.25) is 4.79 Å². The first-order chi connectivity index (χ1) is 5.74. The van der Waals surface area contributed by atoms with Crippen molar-refractivity contribution in [3.8, 4) is 0 Å². The van der Waals surface area contributed by atoms with E-state index < -0.39 is 0 Å². The lowest BCUT2D eigenvalue weighted by molar-refractivity contribution is -0.112. The van der Waals surface area contributed by atoms with Crippen LogP contribution in [0.25, 0.3) is 5.03 Å². The van der Waals surface area contributed by atoms with E-state index in [9.17, 15) is 4.79 Å². The summed E-state index contributed by atoms with van der Waals surface area (Å²) < 4.78 is 0. The van der Waals surface area contributed by atoms with Crippen molar-refractivity contribution in [3.63, 3.8) is 0 Å². The molecule has 12 heavy (non-hydrogen) atoms. The van der Waals surface area contributed by atoms with E-state index in [1.165, 1.54) is 17.4 Å². The minimum atomic E-state index is -0.171. The minimum Gasteiger partial charge on any atom is -0.293 e. The summed E-state index contributed by atoms with van der Waals surface area (Å²) in [5, 5.41) is 2.35. The van der Waals surface area contributed by atoms with Crippen molar-refractivity contribution < 1.29 is 4.79 Å². The highest BCUT2D eigenvalue weighted by molar-refractivity contribution is 7.12. The first-order valence-electron chi connectivity index (χ1n) is 3.24. The second kappa shape index (κ2) is 4.65. The molecule has 0 saturated carbocycles. The van der Waals surface area contributed by atoms with Gasteiger partial charge in [0.15, 0.2) is 5.78 Å². The third-order valence-corrected chi connectivity index (χ3v) is 2.77. The van der Waals surface area contributed by atoms with E-state index in [0.717, 1.165) is 4.88 Å². The molecule has 0 radical (unpaired) electrons. The smallest absolute Gasteiger partial charge is 0.171 e. The molecule has 0 saturated heterocycles. The van der Waals surface area contributed by atoms with E-state index in [0.29, 0.717) is 5.03 Å². The van der Waals surface area contributed by atoms with Crippen LogP contribution in [0.4, 0.5) is 0 Å². The Morgan fingerprint density at radius 2 is 2.42 bits per heavy atom. The molecule has 0 aromatic carbocycles. The van der Waals surface area contributed by atoms with Crippen LogP contribution in [0.15, 0.2) is 23.6 Å². The number of halogens is 2. The highest BCUT2D eigenvalue weighted by Gasteiger charge is 2.01. The van der Waals surface area contributed by atoms with E-state index >= 15 is 0 Å². The molecule has 0 bridgehead atoms. The Morgan fingerprint density at radius 3 is 2.92 bits per heavy atom. The number of hydrogen-bond donors (Lipinski definition) is 0. The predicted molar refractivity (Wildman–Crippen MR) is 53.9 cm³/mol. The van der Waals surface area contributed by atoms with Crippen molar-refractivity contribution in [3.05, 3.63) is 28.5 Å². The normalized spacial score (nSPS) is 11.7. The molecule has 0 N–H and O–H groups in total. The molecule has 0 aliphatic heterocycles. The largest absolute Gasteiger partial charge is 0.293 e. The molecular formula is C8H6Cl2OS. The van der Waals surface area contributed by atoms with Crippen molar-refractivity contribution in [1.29, 1.82) is 0 Å². The lowest BCUT2D eigenvalue weighted by Crippen LogP contribution is -1.92. The van der Waals surface area contributed by atoms with Crippen molar-refractivity contribution in [2.75, 3.05) is 5.88 Å². The van der Waals surface area contributed by atoms with Gasteiger partial charge in [-0.2, -0.15) is 0 Å². The van der Waals surface area contributed by atoms with E-state index in [-0.39, 0.29) is 11.7 Å². The van der Waals surface area contributed by atoms with Gasteiger partial charge < -0.3 is 0 Å². The zero-order chi connectivity index (χ0) is 8.97. The van der Waals surface area contributed by atoms with Crippen LogP contribution in [0, 0.1) is 0 Å². The van der Waals surface area contributed by atoms with E-state index in [2.05, 4.69) is 0 Å². The zero-order valence-corrected chi connectivity index (χ0v) is 8.42. The average Bonchev–Trinajstić information content (AvgIpc) is 2.56. The summed E-state index contributed by atoms with van der Waals surface area (Å²) >= 11 is 12.6. The molecule has 0 aliphatic carbocycles. The average molecular weight is 221 g/mol. The van der Waals surface area contributed by atoms with Crippen LogP contribution < -0.4 is 0 Å². The molecule has 0 fully saturated rings. The summed E-state index contributed by atoms with van der Waals surface area (Å²) in [6.45, 7) is 0. The maximum absolute atomic E-state index is 10.8. The summed E-state index contributed by atoms with van der Waals surface area (Å²) in [4.78, 5) is 11.7. The molecule has 1 heterocycles. The fourth-order valence-corrected chi connectivity index (χ4v) is 1.69. The van der Waals surface area contributed by atoms with Crippen molar-refractivity contribution in [1.82, 2.24) is 0 Å². The molecule has 0 amide bonds. The van der Waals surface area contributed by atoms with Crippen LogP contribution in [0.2, 0.25) is 0 Å². The van der Waals surface area contributed by atoms with Gasteiger partial charge in [0.1, 0.15) is 0 Å². The van der Waals surface area contributed by atoms with Crippen LogP contribution in [0.1, 0.15) is 4.88 Å². The van der Waals surface area contributed by atoms with Crippen LogP contribution in [0.5, 0.6) is 0 Å². The van der Waals surface area contributed by atoms with Gasteiger partial charge in [0.05, 0.1) is 10.9 Å². The van der Waals surface area contributed by atoms with Gasteiger partial charge in [-0.15, -0.1) is 22.9 Å². The monoisotopic (exact) mass is 220 g/mol. The van der Waals surface area contributed by atoms with Crippen molar-refractivity contribution >= 4 is 45.4 Å². The summed E-state index contributed by atoms with van der Waals surface area (Å²) in [5.74, 6) is -0.197. The number of thiophene rings is 1. The van der Waals surface area contributed by atoms with Gasteiger partial charge in [-0.1, -0.05) is 17.7 Å². The number of hydrogen-bond acceptors (Lipinski definition) is 2. The molecule has 1 aromatic rings. The van der Waals surface area contributed by atoms with Gasteiger partial charge >= 0.3 is 0 Å². The SMILES string of the molecule is O=C(/C=C(/Cl)c1cccs1)CCl. The van der Waals surface area contributed by atoms with E-state index in [4.69, 9.17) is 23.2 Å². The molecule has 1 aromatic heterocycles. The molecule has 0 unspecified atom stereocenters. The number of ketones is 1. The number of alkyl halides is 1. The second-order valence-electron chi connectivity index (χ2n) is 2.07. The Kier molecular flexibility index (Phi) is 3.79. The fraction of sp³-hybridized carbons (Fsp3) is 0.125. The Bertz CT molecular complexity index is 290. The molecule has 0 aliphatic rings. The van der Waals surface area contributed by atoms with Gasteiger partial charge in [-0.05, 0) is 11.4 Å². The van der Waals surface area contributed by atoms with Gasteiger partial charge in [0.2, 0.25) is 0 Å². The summed E-state index contributed by atoms with van der Waals surface area (Å²) in [6.07, 6.45) is 1.35. The fourth-order valence-electron chi connectivity index (χ4n) is 0.666. The standard InChI is InChI=1S/C8H6Cl2OS/c9-5-6(11)4-7(10)8-2-1-3-12-8/h1-4H,5H2/b7-4+. The van der Waals surface area contributed by atoms with Crippen LogP contribution in [0.3, 0.4) is 0 Å². The first-order valence-corrected chi connectivity index (χ1v) is 5.03. The Balaban J connectivity index is 2.77. The quantitative estimate of drug-likeness (QED) is 0.566. The lowest BCUT2D eigenvalue weighted by atomic mass is 10.3. The van der Waals surface area contributed by atoms with Gasteiger partial charge in [0.25, 0.3) is 0 Å². The highest BCUT2D eigenvalue weighted by atomic mass is 35.5. The summed E-state index contributed by atoms with van der Waals surface area (Å²) in [6, 6.07) is 3.73. The lowest BCUT2D eigenvalue weighted by Gasteiger charge is -1.91. The maximum Gasteiger partial charge on any atom is 0.171 e. The molecular weight excluding hydrogens is 215 g/mol. The highest BCUT2D eigenvalue weighted by Crippen LogP contribution is 2.23. The molecule has 0 atom stereocenters. The maximum atomic E-state index is 10.8. The second-order valence-corrected chi connectivity index (χ2v) is 3.69. The van der Waals surface area contributed by atoms with E-state index in [1.807, 2.05) is 17.5 Å². The Hall–Kier alpha value is -0.310. The van der Waals surface area contributed by atoms with E-state index in [1.54, 1.807) is 0 Å². The number of carbonyl (C=O) groups is 1. The zero-order valence-electron chi connectivity index (χ0n) is 6.09. The molecule has 4 heteroatoms. The number of allylic oxidation sites excluding steroid dienone is 1. The first kappa shape index (κ1) is 9.78. The predicted octanol–water partition coefficient (Wildman–Crippen LogP) is 3.14. The Labute approximate surface area is 84.6 Å². The van der Waals surface area contributed by atoms with Gasteiger partial charge in [-0.25, -0.2) is 0 Å². The summed E-state index contributed by atoms with van der Waals surface area (Å²) in [7, 11) is 0. The molecule has 0 spiro atoms. The van der Waals surface area contributed by atoms with Crippen molar-refractivity contribution in [2.45, 2.75) is 0 Å². The Morgan fingerprint density at radius 1 is 1.67 bits per heavy atom. The van der Waals surface area contributed by atoms with Crippen molar-refractivity contribution in [2.24, 2.45) is 0 Å². The third-order valence-electron chi connectivity index (χ3n) is 1.18. The summed E-state index contributed by atoms with van der Waals surface area (Å²) in [5.41, 5.74) is 0. The molecule has 1 nitrogen and oxygen atoms in total. The number of rotatable bonds is 3. The number of carbonyl (C=O) groups excluding carboxylic acids is 1. The van der Waals surface area contributed by atoms with Crippen LogP contribution in [-0.4, -0.2) is 11.7 Å². The third kappa shape index (κ3) is 2.63. The molecule has 64 valence electrons. The molecule has 1 rings (SSSR count). The minimum absolute atomic E-state index is 0.0262. The topological polar surface area (TPSA) is 17.1 Å². The van der Waals surface area contributed by atoms with Gasteiger partial charge in [0, 0.05) is 11.0 Å². The van der Waals surface area contributed by atoms with Crippen LogP contribution in [-0.2, 0) is 4.79 Å².